The molecule has 0 unspecified atom stereocenters. The van der Waals surface area contributed by atoms with Gasteiger partial charge in [0.25, 0.3) is 0 Å². The highest BCUT2D eigenvalue weighted by atomic mass is 32.2. The van der Waals surface area contributed by atoms with Gasteiger partial charge < -0.3 is 11.1 Å². The molecule has 2 saturated carbocycles. The summed E-state index contributed by atoms with van der Waals surface area (Å²) in [5, 5.41) is 3.88. The molecule has 1 aromatic heterocycles. The molecule has 8 heteroatoms. The van der Waals surface area contributed by atoms with Crippen molar-refractivity contribution in [2.24, 2.45) is 17.8 Å². The Bertz CT molecular complexity index is 606. The second-order valence-corrected chi connectivity index (χ2v) is 9.10. The molecule has 2 aliphatic rings. The van der Waals surface area contributed by atoms with Crippen LogP contribution in [-0.4, -0.2) is 37.7 Å². The maximum Gasteiger partial charge on any atom is 0.249 e. The first kappa shape index (κ1) is 15.1. The fourth-order valence-electron chi connectivity index (χ4n) is 2.82. The molecule has 3 N–H and O–H groups in total. The van der Waals surface area contributed by atoms with Gasteiger partial charge in [0.15, 0.2) is 10.7 Å². The van der Waals surface area contributed by atoms with Crippen LogP contribution >= 0.6 is 11.5 Å². The lowest BCUT2D eigenvalue weighted by atomic mass is 9.98. The van der Waals surface area contributed by atoms with Gasteiger partial charge in [-0.05, 0) is 55.0 Å². The molecule has 1 aromatic rings. The van der Waals surface area contributed by atoms with Crippen molar-refractivity contribution in [3.8, 4) is 0 Å². The first-order chi connectivity index (χ1) is 9.91. The minimum atomic E-state index is -3.56. The molecule has 118 valence electrons. The quantitative estimate of drug-likeness (QED) is 0.796. The van der Waals surface area contributed by atoms with E-state index in [1.165, 1.54) is 44.1 Å². The highest BCUT2D eigenvalue weighted by Gasteiger charge is 2.41. The van der Waals surface area contributed by atoms with E-state index in [9.17, 15) is 8.42 Å². The van der Waals surface area contributed by atoms with E-state index in [0.717, 1.165) is 29.9 Å². The third-order valence-electron chi connectivity index (χ3n) is 4.37. The van der Waals surface area contributed by atoms with E-state index < -0.39 is 10.0 Å². The molecule has 0 aromatic carbocycles. The van der Waals surface area contributed by atoms with Gasteiger partial charge in [-0.15, -0.1) is 0 Å². The second-order valence-electron chi connectivity index (χ2n) is 6.23. The number of hydrogen-bond donors (Lipinski definition) is 2. The molecule has 1 heterocycles. The van der Waals surface area contributed by atoms with Gasteiger partial charge in [-0.1, -0.05) is 0 Å². The Balaban J connectivity index is 1.76. The monoisotopic (exact) mass is 330 g/mol. The second kappa shape index (κ2) is 5.40. The maximum absolute atomic E-state index is 12.3. The van der Waals surface area contributed by atoms with Gasteiger partial charge in [-0.25, -0.2) is 12.7 Å². The van der Waals surface area contributed by atoms with Gasteiger partial charge in [-0.3, -0.25) is 0 Å². The third-order valence-corrected chi connectivity index (χ3v) is 7.20. The molecule has 3 rings (SSSR count). The SMILES string of the molecule is CN(C)S(=O)(=O)c1c(N)nsc1NCC(C1CC1)C1CC1. The van der Waals surface area contributed by atoms with Crippen molar-refractivity contribution in [2.75, 3.05) is 31.7 Å². The van der Waals surface area contributed by atoms with Gasteiger partial charge in [0.2, 0.25) is 10.0 Å². The van der Waals surface area contributed by atoms with Crippen molar-refractivity contribution in [3.05, 3.63) is 0 Å². The highest BCUT2D eigenvalue weighted by Crippen LogP contribution is 2.49. The molecule has 0 spiro atoms. The molecule has 21 heavy (non-hydrogen) atoms. The average molecular weight is 330 g/mol. The molecule has 6 nitrogen and oxygen atoms in total. The summed E-state index contributed by atoms with van der Waals surface area (Å²) in [5.41, 5.74) is 5.77. The number of sulfonamides is 1. The number of nitrogens with one attached hydrogen (secondary N) is 1. The Hall–Kier alpha value is -0.860. The lowest BCUT2D eigenvalue weighted by Crippen LogP contribution is -2.24. The molecular formula is C13H22N4O2S2. The smallest absolute Gasteiger partial charge is 0.249 e. The number of anilines is 2. The van der Waals surface area contributed by atoms with E-state index in [1.54, 1.807) is 0 Å². The van der Waals surface area contributed by atoms with Crippen molar-refractivity contribution in [1.29, 1.82) is 0 Å². The highest BCUT2D eigenvalue weighted by molar-refractivity contribution is 7.89. The lowest BCUT2D eigenvalue weighted by molar-refractivity contribution is 0.428. The molecule has 2 fully saturated rings. The van der Waals surface area contributed by atoms with Crippen LogP contribution in [0, 0.1) is 17.8 Å². The van der Waals surface area contributed by atoms with Gasteiger partial charge in [-0.2, -0.15) is 4.37 Å². The van der Waals surface area contributed by atoms with Gasteiger partial charge in [0, 0.05) is 20.6 Å². The van der Waals surface area contributed by atoms with Gasteiger partial charge in [0.05, 0.1) is 0 Å². The van der Waals surface area contributed by atoms with Crippen molar-refractivity contribution in [2.45, 2.75) is 30.6 Å². The van der Waals surface area contributed by atoms with Crippen molar-refractivity contribution < 1.29 is 8.42 Å². The zero-order valence-corrected chi connectivity index (χ0v) is 14.0. The van der Waals surface area contributed by atoms with Crippen molar-refractivity contribution >= 4 is 32.4 Å². The molecule has 0 atom stereocenters. The zero-order valence-electron chi connectivity index (χ0n) is 12.4. The Kier molecular flexibility index (Phi) is 3.87. The molecule has 0 amide bonds. The number of rotatable bonds is 7. The Morgan fingerprint density at radius 1 is 1.33 bits per heavy atom. The number of nitrogens with two attached hydrogens (primary N) is 1. The summed E-state index contributed by atoms with van der Waals surface area (Å²) in [6.45, 7) is 0.826. The molecule has 0 radical (unpaired) electrons. The fourth-order valence-corrected chi connectivity index (χ4v) is 4.90. The van der Waals surface area contributed by atoms with Crippen molar-refractivity contribution in [1.82, 2.24) is 8.68 Å². The molecule has 0 saturated heterocycles. The van der Waals surface area contributed by atoms with E-state index in [-0.39, 0.29) is 10.7 Å². The van der Waals surface area contributed by atoms with Crippen LogP contribution in [0.15, 0.2) is 4.90 Å². The molecule has 0 bridgehead atoms. The molecule has 0 aliphatic heterocycles. The summed E-state index contributed by atoms with van der Waals surface area (Å²) in [5.74, 6) is 2.40. The van der Waals surface area contributed by atoms with E-state index >= 15 is 0 Å². The van der Waals surface area contributed by atoms with Crippen LogP contribution in [0.2, 0.25) is 0 Å². The standard InChI is InChI=1S/C13H22N4O2S2/c1-17(2)21(18,19)11-12(14)16-20-13(11)15-7-10(8-3-4-8)9-5-6-9/h8-10,15H,3-7H2,1-2H3,(H2,14,16). The number of nitrogen functional groups attached to an aromatic ring is 1. The van der Waals surface area contributed by atoms with Crippen molar-refractivity contribution in [3.63, 3.8) is 0 Å². The van der Waals surface area contributed by atoms with E-state index in [4.69, 9.17) is 5.73 Å². The van der Waals surface area contributed by atoms with Crippen LogP contribution in [0.5, 0.6) is 0 Å². The van der Waals surface area contributed by atoms with Crippen LogP contribution < -0.4 is 11.1 Å². The Labute approximate surface area is 129 Å². The number of hydrogen-bond acceptors (Lipinski definition) is 6. The van der Waals surface area contributed by atoms with Crippen LogP contribution in [0.3, 0.4) is 0 Å². The fraction of sp³-hybridized carbons (Fsp3) is 0.769. The zero-order chi connectivity index (χ0) is 15.2. The number of nitrogens with zero attached hydrogens (tertiary/aromatic N) is 2. The van der Waals surface area contributed by atoms with Gasteiger partial charge in [0.1, 0.15) is 5.00 Å². The summed E-state index contributed by atoms with van der Waals surface area (Å²) in [6, 6.07) is 0. The number of aromatic nitrogens is 1. The predicted octanol–water partition coefficient (Wildman–Crippen LogP) is 1.82. The minimum Gasteiger partial charge on any atom is -0.382 e. The first-order valence-corrected chi connectivity index (χ1v) is 9.54. The minimum absolute atomic E-state index is 0.0885. The van der Waals surface area contributed by atoms with Crippen LogP contribution in [0.25, 0.3) is 0 Å². The predicted molar refractivity (Wildman–Crippen MR) is 84.8 cm³/mol. The van der Waals surface area contributed by atoms with E-state index in [2.05, 4.69) is 9.69 Å². The largest absolute Gasteiger partial charge is 0.382 e. The third kappa shape index (κ3) is 3.02. The molecule has 2 aliphatic carbocycles. The summed E-state index contributed by atoms with van der Waals surface area (Å²) in [4.78, 5) is 0.128. The van der Waals surface area contributed by atoms with E-state index in [0.29, 0.717) is 10.9 Å². The normalized spacial score (nSPS) is 19.4. The first-order valence-electron chi connectivity index (χ1n) is 7.32. The Morgan fingerprint density at radius 2 is 1.90 bits per heavy atom. The van der Waals surface area contributed by atoms with Crippen LogP contribution in [-0.2, 0) is 10.0 Å². The summed E-state index contributed by atoms with van der Waals surface area (Å²) >= 11 is 1.13. The summed E-state index contributed by atoms with van der Waals surface area (Å²) < 4.78 is 29.9. The Morgan fingerprint density at radius 3 is 2.38 bits per heavy atom. The van der Waals surface area contributed by atoms with Crippen LogP contribution in [0.1, 0.15) is 25.7 Å². The topological polar surface area (TPSA) is 88.3 Å². The van der Waals surface area contributed by atoms with Crippen LogP contribution in [0.4, 0.5) is 10.8 Å². The average Bonchev–Trinajstić information content (AvgIpc) is 3.30. The van der Waals surface area contributed by atoms with E-state index in [1.807, 2.05) is 0 Å². The molecular weight excluding hydrogens is 308 g/mol. The lowest BCUT2D eigenvalue weighted by Gasteiger charge is -2.17. The maximum atomic E-state index is 12.3. The summed E-state index contributed by atoms with van der Waals surface area (Å²) in [7, 11) is -0.544. The summed E-state index contributed by atoms with van der Waals surface area (Å²) in [6.07, 6.45) is 5.26. The van der Waals surface area contributed by atoms with Gasteiger partial charge >= 0.3 is 0 Å².